The molecule has 0 bridgehead atoms. The average molecular weight is 319 g/mol. The number of hydrogen-bond donors (Lipinski definition) is 1. The van der Waals surface area contributed by atoms with E-state index < -0.39 is 23.5 Å². The summed E-state index contributed by atoms with van der Waals surface area (Å²) < 4.78 is 5.13. The number of carbonyl (C=O) groups excluding carboxylic acids is 1. The van der Waals surface area contributed by atoms with Crippen molar-refractivity contribution in [1.82, 2.24) is 0 Å². The van der Waals surface area contributed by atoms with Crippen molar-refractivity contribution in [1.29, 1.82) is 0 Å². The molecular weight excluding hydrogens is 303 g/mol. The first-order valence-corrected chi connectivity index (χ1v) is 6.75. The van der Waals surface area contributed by atoms with Crippen molar-refractivity contribution < 1.29 is 19.4 Å². The molecule has 20 heavy (non-hydrogen) atoms. The molecule has 0 amide bonds. The van der Waals surface area contributed by atoms with Gasteiger partial charge in [0.1, 0.15) is 5.60 Å². The summed E-state index contributed by atoms with van der Waals surface area (Å²) in [6.45, 7) is 5.17. The number of carboxylic acids is 1. The van der Waals surface area contributed by atoms with Gasteiger partial charge < -0.3 is 9.84 Å². The molecule has 1 unspecified atom stereocenters. The van der Waals surface area contributed by atoms with Gasteiger partial charge in [0.15, 0.2) is 0 Å². The second kappa shape index (κ2) is 6.46. The van der Waals surface area contributed by atoms with Crippen molar-refractivity contribution in [2.24, 2.45) is 0 Å². The molecular formula is C14H16Cl2O4. The first-order valence-electron chi connectivity index (χ1n) is 6.00. The summed E-state index contributed by atoms with van der Waals surface area (Å²) in [6.07, 6.45) is -0.259. The smallest absolute Gasteiger partial charge is 0.311 e. The van der Waals surface area contributed by atoms with Crippen LogP contribution in [0.25, 0.3) is 0 Å². The molecule has 4 nitrogen and oxygen atoms in total. The maximum Gasteiger partial charge on any atom is 0.311 e. The minimum Gasteiger partial charge on any atom is -0.481 e. The maximum atomic E-state index is 11.8. The zero-order valence-electron chi connectivity index (χ0n) is 11.4. The molecule has 1 N–H and O–H groups in total. The lowest BCUT2D eigenvalue weighted by molar-refractivity contribution is -0.158. The van der Waals surface area contributed by atoms with Crippen LogP contribution in [0.1, 0.15) is 38.7 Å². The zero-order valence-corrected chi connectivity index (χ0v) is 13.0. The van der Waals surface area contributed by atoms with Gasteiger partial charge in [0.2, 0.25) is 0 Å². The number of ether oxygens (including phenoxy) is 1. The summed E-state index contributed by atoms with van der Waals surface area (Å²) >= 11 is 11.7. The molecule has 1 aromatic rings. The first-order chi connectivity index (χ1) is 9.10. The number of halogens is 2. The molecule has 0 heterocycles. The Morgan fingerprint density at radius 1 is 1.25 bits per heavy atom. The van der Waals surface area contributed by atoms with Gasteiger partial charge in [-0.2, -0.15) is 0 Å². The van der Waals surface area contributed by atoms with Crippen molar-refractivity contribution >= 4 is 35.1 Å². The van der Waals surface area contributed by atoms with Crippen LogP contribution in [0.5, 0.6) is 0 Å². The van der Waals surface area contributed by atoms with Crippen molar-refractivity contribution in [2.45, 2.75) is 38.7 Å². The number of carboxylic acid groups (broad SMARTS) is 1. The third kappa shape index (κ3) is 5.02. The Kier molecular flexibility index (Phi) is 5.42. The molecule has 1 atom stereocenters. The predicted molar refractivity (Wildman–Crippen MR) is 77.3 cm³/mol. The largest absolute Gasteiger partial charge is 0.481 e. The Labute approximate surface area is 127 Å². The molecule has 0 spiro atoms. The first kappa shape index (κ1) is 16.8. The van der Waals surface area contributed by atoms with Crippen LogP contribution in [0.3, 0.4) is 0 Å². The lowest BCUT2D eigenvalue weighted by atomic mass is 9.96. The van der Waals surface area contributed by atoms with Gasteiger partial charge in [-0.05, 0) is 38.5 Å². The monoisotopic (exact) mass is 318 g/mol. The molecule has 0 aliphatic carbocycles. The van der Waals surface area contributed by atoms with Crippen LogP contribution in [0.4, 0.5) is 0 Å². The van der Waals surface area contributed by atoms with Crippen LogP contribution < -0.4 is 0 Å². The van der Waals surface area contributed by atoms with Crippen molar-refractivity contribution in [2.75, 3.05) is 0 Å². The molecule has 0 aliphatic rings. The number of benzene rings is 1. The van der Waals surface area contributed by atoms with E-state index in [1.54, 1.807) is 20.8 Å². The number of hydrogen-bond acceptors (Lipinski definition) is 3. The molecule has 0 aliphatic heterocycles. The zero-order chi connectivity index (χ0) is 15.5. The fourth-order valence-corrected chi connectivity index (χ4v) is 1.93. The van der Waals surface area contributed by atoms with Crippen LogP contribution in [0.2, 0.25) is 10.0 Å². The molecule has 1 aromatic carbocycles. The molecule has 0 radical (unpaired) electrons. The Balaban J connectivity index is 2.92. The summed E-state index contributed by atoms with van der Waals surface area (Å²) in [6, 6.07) is 4.49. The highest BCUT2D eigenvalue weighted by molar-refractivity contribution is 6.42. The summed E-state index contributed by atoms with van der Waals surface area (Å²) in [5, 5.41) is 9.83. The Morgan fingerprint density at radius 2 is 1.85 bits per heavy atom. The van der Waals surface area contributed by atoms with Crippen molar-refractivity contribution in [3.8, 4) is 0 Å². The number of esters is 1. The molecule has 110 valence electrons. The maximum absolute atomic E-state index is 11.8. The third-order valence-electron chi connectivity index (χ3n) is 2.43. The van der Waals surface area contributed by atoms with E-state index in [1.165, 1.54) is 18.2 Å². The normalized spacial score (nSPS) is 12.8. The van der Waals surface area contributed by atoms with E-state index in [2.05, 4.69) is 0 Å². The fourth-order valence-electron chi connectivity index (χ4n) is 1.63. The minimum absolute atomic E-state index is 0.250. The van der Waals surface area contributed by atoms with Crippen LogP contribution in [0, 0.1) is 0 Å². The van der Waals surface area contributed by atoms with Gasteiger partial charge >= 0.3 is 11.9 Å². The molecule has 6 heteroatoms. The summed E-state index contributed by atoms with van der Waals surface area (Å²) in [4.78, 5) is 23.1. The SMILES string of the molecule is CC(C)(C)OC(=O)CC(C(=O)O)c1ccc(Cl)c(Cl)c1. The lowest BCUT2D eigenvalue weighted by Crippen LogP contribution is -2.26. The van der Waals surface area contributed by atoms with E-state index in [9.17, 15) is 14.7 Å². The van der Waals surface area contributed by atoms with E-state index in [1.807, 2.05) is 0 Å². The summed E-state index contributed by atoms with van der Waals surface area (Å²) in [5.41, 5.74) is -0.240. The number of aliphatic carboxylic acids is 1. The van der Waals surface area contributed by atoms with E-state index in [4.69, 9.17) is 27.9 Å². The lowest BCUT2D eigenvalue weighted by Gasteiger charge is -2.21. The molecule has 0 saturated heterocycles. The second-order valence-corrected chi connectivity index (χ2v) is 6.17. The van der Waals surface area contributed by atoms with Gasteiger partial charge in [-0.15, -0.1) is 0 Å². The molecule has 0 saturated carbocycles. The third-order valence-corrected chi connectivity index (χ3v) is 3.17. The summed E-state index contributed by atoms with van der Waals surface area (Å²) in [7, 11) is 0. The van der Waals surface area contributed by atoms with E-state index >= 15 is 0 Å². The highest BCUT2D eigenvalue weighted by Crippen LogP contribution is 2.29. The van der Waals surface area contributed by atoms with Gasteiger partial charge in [0.25, 0.3) is 0 Å². The Bertz CT molecular complexity index is 520. The van der Waals surface area contributed by atoms with Gasteiger partial charge in [-0.1, -0.05) is 29.3 Å². The second-order valence-electron chi connectivity index (χ2n) is 5.35. The van der Waals surface area contributed by atoms with Gasteiger partial charge in [-0.25, -0.2) is 0 Å². The summed E-state index contributed by atoms with van der Waals surface area (Å²) in [5.74, 6) is -2.70. The molecule has 0 aromatic heterocycles. The van der Waals surface area contributed by atoms with Crippen LogP contribution in [-0.2, 0) is 14.3 Å². The van der Waals surface area contributed by atoms with Crippen molar-refractivity contribution in [3.05, 3.63) is 33.8 Å². The van der Waals surface area contributed by atoms with Gasteiger partial charge in [0.05, 0.1) is 22.4 Å². The van der Waals surface area contributed by atoms with E-state index in [0.29, 0.717) is 10.6 Å². The van der Waals surface area contributed by atoms with Gasteiger partial charge in [-0.3, -0.25) is 9.59 Å². The Morgan fingerprint density at radius 3 is 2.30 bits per heavy atom. The number of carbonyl (C=O) groups is 2. The Hall–Kier alpha value is -1.26. The van der Waals surface area contributed by atoms with E-state index in [-0.39, 0.29) is 11.4 Å². The van der Waals surface area contributed by atoms with Crippen LogP contribution in [0.15, 0.2) is 18.2 Å². The topological polar surface area (TPSA) is 63.6 Å². The highest BCUT2D eigenvalue weighted by Gasteiger charge is 2.27. The van der Waals surface area contributed by atoms with Crippen LogP contribution >= 0.6 is 23.2 Å². The molecule has 0 fully saturated rings. The minimum atomic E-state index is -1.12. The van der Waals surface area contributed by atoms with E-state index in [0.717, 1.165) is 0 Å². The molecule has 1 rings (SSSR count). The highest BCUT2D eigenvalue weighted by atomic mass is 35.5. The van der Waals surface area contributed by atoms with Gasteiger partial charge in [0, 0.05) is 0 Å². The predicted octanol–water partition coefficient (Wildman–Crippen LogP) is 3.89. The fraction of sp³-hybridized carbons (Fsp3) is 0.429. The number of rotatable bonds is 4. The quantitative estimate of drug-likeness (QED) is 0.855. The van der Waals surface area contributed by atoms with Crippen molar-refractivity contribution in [3.63, 3.8) is 0 Å². The standard InChI is InChI=1S/C14H16Cl2O4/c1-14(2,3)20-12(17)7-9(13(18)19)8-4-5-10(15)11(16)6-8/h4-6,9H,7H2,1-3H3,(H,18,19). The average Bonchev–Trinajstić information content (AvgIpc) is 2.27. The van der Waals surface area contributed by atoms with Crippen LogP contribution in [-0.4, -0.2) is 22.6 Å².